The van der Waals surface area contributed by atoms with Crippen LogP contribution in [-0.4, -0.2) is 40.6 Å². The summed E-state index contributed by atoms with van der Waals surface area (Å²) in [5, 5.41) is 7.70. The van der Waals surface area contributed by atoms with E-state index in [0.29, 0.717) is 28.8 Å². The summed E-state index contributed by atoms with van der Waals surface area (Å²) in [7, 11) is -3.20. The molecule has 34 heavy (non-hydrogen) atoms. The molecule has 1 atom stereocenters. The van der Waals surface area contributed by atoms with Gasteiger partial charge in [-0.3, -0.25) is 4.79 Å². The molecular weight excluding hydrogens is 462 g/mol. The van der Waals surface area contributed by atoms with Crippen LogP contribution in [0.4, 0.5) is 14.5 Å². The number of hydrogen-bond donors (Lipinski definition) is 1. The normalized spacial score (nSPS) is 17.2. The number of hydrogen-bond acceptors (Lipinski definition) is 5. The van der Waals surface area contributed by atoms with E-state index < -0.39 is 33.4 Å². The first-order valence-corrected chi connectivity index (χ1v) is 12.5. The third-order valence-corrected chi connectivity index (χ3v) is 7.64. The Bertz CT molecular complexity index is 1530. The number of nitrogens with one attached hydrogen (secondary N) is 1. The monoisotopic (exact) mass is 482 g/mol. The van der Waals surface area contributed by atoms with Crippen LogP contribution in [0.25, 0.3) is 22.3 Å². The fraction of sp³-hybridized carbons (Fsp3) is 0.208. The summed E-state index contributed by atoms with van der Waals surface area (Å²) in [4.78, 5) is 17.9. The molecule has 3 heterocycles. The summed E-state index contributed by atoms with van der Waals surface area (Å²) >= 11 is 0. The topological polar surface area (TPSA) is 93.9 Å². The molecule has 1 saturated heterocycles. The van der Waals surface area contributed by atoms with Gasteiger partial charge in [-0.2, -0.15) is 5.10 Å². The molecule has 0 saturated carbocycles. The molecule has 5 rings (SSSR count). The van der Waals surface area contributed by atoms with Gasteiger partial charge in [0.2, 0.25) is 0 Å². The number of sulfone groups is 1. The van der Waals surface area contributed by atoms with Gasteiger partial charge in [-0.1, -0.05) is 12.1 Å². The SMILES string of the molecule is Cc1nn(C2CCS(=O)(=O)C2)c2nc(-c3ccccc3F)cc(C(=O)Nc3ccc(F)cc3)c12. The van der Waals surface area contributed by atoms with Crippen LogP contribution in [0.3, 0.4) is 0 Å². The Hall–Kier alpha value is -3.66. The third kappa shape index (κ3) is 4.05. The Kier molecular flexibility index (Phi) is 5.40. The summed E-state index contributed by atoms with van der Waals surface area (Å²) < 4.78 is 53.6. The second-order valence-electron chi connectivity index (χ2n) is 8.28. The predicted octanol–water partition coefficient (Wildman–Crippen LogP) is 4.30. The van der Waals surface area contributed by atoms with Crippen molar-refractivity contribution in [2.75, 3.05) is 16.8 Å². The number of amides is 1. The molecule has 4 aromatic rings. The number of halogens is 2. The van der Waals surface area contributed by atoms with Crippen LogP contribution < -0.4 is 5.32 Å². The number of fused-ring (bicyclic) bond motifs is 1. The smallest absolute Gasteiger partial charge is 0.256 e. The minimum absolute atomic E-state index is 0.0446. The second-order valence-corrected chi connectivity index (χ2v) is 10.5. The maximum Gasteiger partial charge on any atom is 0.256 e. The maximum absolute atomic E-state index is 14.6. The Labute approximate surface area is 194 Å². The molecule has 0 spiro atoms. The first-order chi connectivity index (χ1) is 16.2. The fourth-order valence-corrected chi connectivity index (χ4v) is 5.95. The van der Waals surface area contributed by atoms with Crippen LogP contribution in [0.5, 0.6) is 0 Å². The molecule has 0 aliphatic carbocycles. The van der Waals surface area contributed by atoms with Crippen molar-refractivity contribution < 1.29 is 22.0 Å². The van der Waals surface area contributed by atoms with E-state index in [2.05, 4.69) is 15.4 Å². The first-order valence-electron chi connectivity index (χ1n) is 10.6. The Morgan fingerprint density at radius 2 is 1.85 bits per heavy atom. The highest BCUT2D eigenvalue weighted by Gasteiger charge is 2.32. The number of carbonyl (C=O) groups excluding carboxylic acids is 1. The van der Waals surface area contributed by atoms with E-state index >= 15 is 0 Å². The van der Waals surface area contributed by atoms with Crippen molar-refractivity contribution in [2.24, 2.45) is 0 Å². The summed E-state index contributed by atoms with van der Waals surface area (Å²) in [6.45, 7) is 1.71. The minimum atomic E-state index is -3.20. The maximum atomic E-state index is 14.6. The molecule has 10 heteroatoms. The lowest BCUT2D eigenvalue weighted by Crippen LogP contribution is -2.15. The Morgan fingerprint density at radius 3 is 2.53 bits per heavy atom. The summed E-state index contributed by atoms with van der Waals surface area (Å²) in [5.74, 6) is -1.48. The van der Waals surface area contributed by atoms with E-state index in [0.717, 1.165) is 0 Å². The lowest BCUT2D eigenvalue weighted by Gasteiger charge is -2.13. The van der Waals surface area contributed by atoms with Gasteiger partial charge in [0.15, 0.2) is 15.5 Å². The molecule has 1 aliphatic heterocycles. The zero-order valence-corrected chi connectivity index (χ0v) is 18.9. The number of aryl methyl sites for hydroxylation is 1. The lowest BCUT2D eigenvalue weighted by atomic mass is 10.0. The van der Waals surface area contributed by atoms with Gasteiger partial charge in [-0.05, 0) is 55.8 Å². The van der Waals surface area contributed by atoms with Crippen molar-refractivity contribution in [3.05, 3.63) is 77.5 Å². The largest absolute Gasteiger partial charge is 0.322 e. The van der Waals surface area contributed by atoms with E-state index in [4.69, 9.17) is 0 Å². The highest BCUT2D eigenvalue weighted by atomic mass is 32.2. The van der Waals surface area contributed by atoms with E-state index in [1.807, 2.05) is 0 Å². The second kappa shape index (κ2) is 8.28. The molecule has 1 N–H and O–H groups in total. The van der Waals surface area contributed by atoms with Gasteiger partial charge in [0.1, 0.15) is 11.6 Å². The van der Waals surface area contributed by atoms with Crippen molar-refractivity contribution in [3.8, 4) is 11.3 Å². The summed E-state index contributed by atoms with van der Waals surface area (Å²) in [6, 6.07) is 12.4. The number of aromatic nitrogens is 3. The van der Waals surface area contributed by atoms with Crippen molar-refractivity contribution >= 4 is 32.5 Å². The first kappa shape index (κ1) is 22.1. The zero-order chi connectivity index (χ0) is 24.0. The summed E-state index contributed by atoms with van der Waals surface area (Å²) in [6.07, 6.45) is 0.376. The number of benzene rings is 2. The number of rotatable bonds is 4. The molecular formula is C24H20F2N4O3S. The lowest BCUT2D eigenvalue weighted by molar-refractivity contribution is 0.102. The van der Waals surface area contributed by atoms with Gasteiger partial charge < -0.3 is 5.32 Å². The van der Waals surface area contributed by atoms with Crippen molar-refractivity contribution in [1.29, 1.82) is 0 Å². The van der Waals surface area contributed by atoms with Gasteiger partial charge in [0, 0.05) is 11.3 Å². The molecule has 1 amide bonds. The molecule has 1 fully saturated rings. The third-order valence-electron chi connectivity index (χ3n) is 5.89. The van der Waals surface area contributed by atoms with Gasteiger partial charge in [-0.25, -0.2) is 26.9 Å². The average Bonchev–Trinajstić information content (AvgIpc) is 3.33. The molecule has 174 valence electrons. The zero-order valence-electron chi connectivity index (χ0n) is 18.1. The number of pyridine rings is 1. The minimum Gasteiger partial charge on any atom is -0.322 e. The quantitative estimate of drug-likeness (QED) is 0.468. The molecule has 0 bridgehead atoms. The van der Waals surface area contributed by atoms with Crippen LogP contribution in [0.15, 0.2) is 54.6 Å². The van der Waals surface area contributed by atoms with E-state index in [1.54, 1.807) is 25.1 Å². The highest BCUT2D eigenvalue weighted by Crippen LogP contribution is 2.33. The fourth-order valence-electron chi connectivity index (χ4n) is 4.25. The van der Waals surface area contributed by atoms with Crippen molar-refractivity contribution in [3.63, 3.8) is 0 Å². The Balaban J connectivity index is 1.69. The molecule has 1 unspecified atom stereocenters. The van der Waals surface area contributed by atoms with E-state index in [9.17, 15) is 22.0 Å². The number of nitrogens with zero attached hydrogens (tertiary/aromatic N) is 3. The van der Waals surface area contributed by atoms with E-state index in [-0.39, 0.29) is 28.3 Å². The van der Waals surface area contributed by atoms with Crippen molar-refractivity contribution in [2.45, 2.75) is 19.4 Å². The van der Waals surface area contributed by atoms with Crippen LogP contribution in [0, 0.1) is 18.6 Å². The predicted molar refractivity (Wildman–Crippen MR) is 124 cm³/mol. The van der Waals surface area contributed by atoms with Gasteiger partial charge >= 0.3 is 0 Å². The van der Waals surface area contributed by atoms with E-state index in [1.165, 1.54) is 41.1 Å². The van der Waals surface area contributed by atoms with Gasteiger partial charge in [0.05, 0.1) is 39.9 Å². The Morgan fingerprint density at radius 1 is 1.12 bits per heavy atom. The standard InChI is InChI=1S/C24H20F2N4O3S/c1-14-22-19(24(31)27-16-8-6-15(25)7-9-16)12-21(18-4-2-3-5-20(18)26)28-23(22)30(29-14)17-10-11-34(32,33)13-17/h2-9,12,17H,10-11,13H2,1H3,(H,27,31). The van der Waals surface area contributed by atoms with Crippen LogP contribution >= 0.6 is 0 Å². The van der Waals surface area contributed by atoms with Gasteiger partial charge in [-0.15, -0.1) is 0 Å². The molecule has 0 radical (unpaired) electrons. The molecule has 2 aromatic carbocycles. The van der Waals surface area contributed by atoms with Crippen molar-refractivity contribution in [1.82, 2.24) is 14.8 Å². The van der Waals surface area contributed by atoms with Gasteiger partial charge in [0.25, 0.3) is 5.91 Å². The molecule has 7 nitrogen and oxygen atoms in total. The molecule has 2 aromatic heterocycles. The van der Waals surface area contributed by atoms with Crippen LogP contribution in [0.2, 0.25) is 0 Å². The van der Waals surface area contributed by atoms with Crippen LogP contribution in [-0.2, 0) is 9.84 Å². The van der Waals surface area contributed by atoms with Crippen LogP contribution in [0.1, 0.15) is 28.5 Å². The summed E-state index contributed by atoms with van der Waals surface area (Å²) in [5.41, 5.74) is 1.82. The number of carbonyl (C=O) groups is 1. The molecule has 1 aliphatic rings. The highest BCUT2D eigenvalue weighted by molar-refractivity contribution is 7.91. The number of anilines is 1. The average molecular weight is 483 g/mol.